The van der Waals surface area contributed by atoms with Crippen molar-refractivity contribution in [2.45, 2.75) is 46.0 Å². The van der Waals surface area contributed by atoms with E-state index in [9.17, 15) is 0 Å². The molecule has 1 fully saturated rings. The van der Waals surface area contributed by atoms with E-state index in [2.05, 4.69) is 57.0 Å². The number of nitrogens with zero attached hydrogens (tertiary/aromatic N) is 1. The highest BCUT2D eigenvalue weighted by atomic mass is 15.1. The first-order valence-corrected chi connectivity index (χ1v) is 7.22. The number of likely N-dealkylation sites (tertiary alicyclic amines) is 1. The largest absolute Gasteiger partial charge is 0.306 e. The molecule has 1 nitrogen and oxygen atoms in total. The quantitative estimate of drug-likeness (QED) is 0.758. The van der Waals surface area contributed by atoms with Crippen LogP contribution in [0.5, 0.6) is 0 Å². The van der Waals surface area contributed by atoms with E-state index in [1.807, 2.05) is 0 Å². The highest BCUT2D eigenvalue weighted by molar-refractivity contribution is 5.31. The third-order valence-corrected chi connectivity index (χ3v) is 3.93. The first-order chi connectivity index (χ1) is 8.46. The summed E-state index contributed by atoms with van der Waals surface area (Å²) in [4.78, 5) is 2.45. The van der Waals surface area contributed by atoms with Crippen LogP contribution in [0.1, 0.15) is 50.7 Å². The van der Waals surface area contributed by atoms with Crippen molar-refractivity contribution in [3.8, 4) is 0 Å². The van der Waals surface area contributed by atoms with Crippen molar-refractivity contribution in [2.24, 2.45) is 5.41 Å². The van der Waals surface area contributed by atoms with Gasteiger partial charge < -0.3 is 4.90 Å². The van der Waals surface area contributed by atoms with Crippen LogP contribution < -0.4 is 0 Å². The van der Waals surface area contributed by atoms with Gasteiger partial charge in [-0.15, -0.1) is 0 Å². The Morgan fingerprint density at radius 3 is 2.33 bits per heavy atom. The summed E-state index contributed by atoms with van der Waals surface area (Å²) in [5.74, 6) is 0.778. The summed E-state index contributed by atoms with van der Waals surface area (Å²) in [7, 11) is 2.23. The average Bonchev–Trinajstić information content (AvgIpc) is 2.29. The number of piperidine rings is 1. The molecule has 1 heteroatoms. The molecule has 0 aliphatic carbocycles. The van der Waals surface area contributed by atoms with Crippen LogP contribution in [-0.2, 0) is 6.42 Å². The van der Waals surface area contributed by atoms with Crippen LogP contribution in [0, 0.1) is 5.41 Å². The standard InChI is InChI=1S/C17H27N/c1-17(2,3)13-15-7-5-6-8-16(15)14-9-11-18(4)12-10-14/h5-8,14H,9-13H2,1-4H3. The molecule has 0 radical (unpaired) electrons. The van der Waals surface area contributed by atoms with E-state index >= 15 is 0 Å². The van der Waals surface area contributed by atoms with E-state index in [1.165, 1.54) is 32.4 Å². The van der Waals surface area contributed by atoms with E-state index in [0.717, 1.165) is 5.92 Å². The van der Waals surface area contributed by atoms with Crippen LogP contribution >= 0.6 is 0 Å². The van der Waals surface area contributed by atoms with Gasteiger partial charge in [0.05, 0.1) is 0 Å². The van der Waals surface area contributed by atoms with Crippen molar-refractivity contribution in [3.05, 3.63) is 35.4 Å². The third kappa shape index (κ3) is 3.58. The van der Waals surface area contributed by atoms with Gasteiger partial charge in [0.2, 0.25) is 0 Å². The SMILES string of the molecule is CN1CCC(c2ccccc2CC(C)(C)C)CC1. The van der Waals surface area contributed by atoms with Crippen LogP contribution in [-0.4, -0.2) is 25.0 Å². The predicted octanol–water partition coefficient (Wildman–Crippen LogP) is 4.08. The Hall–Kier alpha value is -0.820. The highest BCUT2D eigenvalue weighted by Crippen LogP contribution is 2.32. The summed E-state index contributed by atoms with van der Waals surface area (Å²) in [5, 5.41) is 0. The maximum Gasteiger partial charge on any atom is -0.00159 e. The predicted molar refractivity (Wildman–Crippen MR) is 79.1 cm³/mol. The molecule has 1 aliphatic heterocycles. The molecule has 0 spiro atoms. The minimum Gasteiger partial charge on any atom is -0.306 e. The molecule has 0 saturated carbocycles. The Morgan fingerprint density at radius 2 is 1.72 bits per heavy atom. The second kappa shape index (κ2) is 5.44. The summed E-state index contributed by atoms with van der Waals surface area (Å²) < 4.78 is 0. The molecule has 1 aliphatic rings. The molecule has 0 bridgehead atoms. The van der Waals surface area contributed by atoms with Gasteiger partial charge in [-0.25, -0.2) is 0 Å². The molecule has 18 heavy (non-hydrogen) atoms. The van der Waals surface area contributed by atoms with Crippen LogP contribution in [0.25, 0.3) is 0 Å². The van der Waals surface area contributed by atoms with Gasteiger partial charge in [-0.05, 0) is 61.9 Å². The van der Waals surface area contributed by atoms with Gasteiger partial charge in [-0.2, -0.15) is 0 Å². The molecule has 0 aromatic heterocycles. The molecule has 1 aromatic carbocycles. The van der Waals surface area contributed by atoms with Gasteiger partial charge in [0, 0.05) is 0 Å². The minimum atomic E-state index is 0.377. The van der Waals surface area contributed by atoms with E-state index in [-0.39, 0.29) is 0 Å². The minimum absolute atomic E-state index is 0.377. The van der Waals surface area contributed by atoms with Gasteiger partial charge >= 0.3 is 0 Å². The van der Waals surface area contributed by atoms with E-state index in [1.54, 1.807) is 11.1 Å². The fourth-order valence-corrected chi connectivity index (χ4v) is 2.98. The monoisotopic (exact) mass is 245 g/mol. The maximum absolute atomic E-state index is 2.45. The summed E-state index contributed by atoms with van der Waals surface area (Å²) in [6.07, 6.45) is 3.82. The Kier molecular flexibility index (Phi) is 4.11. The lowest BCUT2D eigenvalue weighted by Crippen LogP contribution is -2.29. The number of benzene rings is 1. The van der Waals surface area contributed by atoms with Crippen LogP contribution in [0.2, 0.25) is 0 Å². The molecular formula is C17H27N. The molecular weight excluding hydrogens is 218 g/mol. The fraction of sp³-hybridized carbons (Fsp3) is 0.647. The third-order valence-electron chi connectivity index (χ3n) is 3.93. The lowest BCUT2D eigenvalue weighted by molar-refractivity contribution is 0.254. The van der Waals surface area contributed by atoms with Gasteiger partial charge in [0.25, 0.3) is 0 Å². The summed E-state index contributed by atoms with van der Waals surface area (Å²) in [5.41, 5.74) is 3.56. The molecule has 1 saturated heterocycles. The lowest BCUT2D eigenvalue weighted by atomic mass is 9.81. The van der Waals surface area contributed by atoms with E-state index < -0.39 is 0 Å². The second-order valence-corrected chi connectivity index (χ2v) is 7.01. The molecule has 2 rings (SSSR count). The number of rotatable bonds is 2. The summed E-state index contributed by atoms with van der Waals surface area (Å²) >= 11 is 0. The zero-order chi connectivity index (χ0) is 13.2. The highest BCUT2D eigenvalue weighted by Gasteiger charge is 2.22. The maximum atomic E-state index is 2.45. The average molecular weight is 245 g/mol. The molecule has 0 atom stereocenters. The van der Waals surface area contributed by atoms with Crippen LogP contribution in [0.3, 0.4) is 0 Å². The van der Waals surface area contributed by atoms with Crippen molar-refractivity contribution in [2.75, 3.05) is 20.1 Å². The first kappa shape index (κ1) is 13.6. The smallest absolute Gasteiger partial charge is 0.00159 e. The first-order valence-electron chi connectivity index (χ1n) is 7.22. The normalized spacial score (nSPS) is 19.1. The summed E-state index contributed by atoms with van der Waals surface area (Å²) in [6.45, 7) is 9.48. The molecule has 1 heterocycles. The number of hydrogen-bond acceptors (Lipinski definition) is 1. The Labute approximate surface area is 112 Å². The topological polar surface area (TPSA) is 3.24 Å². The molecule has 0 amide bonds. The van der Waals surface area contributed by atoms with Crippen molar-refractivity contribution in [3.63, 3.8) is 0 Å². The molecule has 0 unspecified atom stereocenters. The second-order valence-electron chi connectivity index (χ2n) is 7.01. The zero-order valence-electron chi connectivity index (χ0n) is 12.4. The van der Waals surface area contributed by atoms with Gasteiger partial charge in [-0.1, -0.05) is 45.0 Å². The van der Waals surface area contributed by atoms with Gasteiger partial charge in [-0.3, -0.25) is 0 Å². The number of hydrogen-bond donors (Lipinski definition) is 0. The lowest BCUT2D eigenvalue weighted by Gasteiger charge is -2.31. The van der Waals surface area contributed by atoms with Crippen molar-refractivity contribution in [1.82, 2.24) is 4.90 Å². The molecule has 1 aromatic rings. The van der Waals surface area contributed by atoms with Crippen molar-refractivity contribution in [1.29, 1.82) is 0 Å². The van der Waals surface area contributed by atoms with Gasteiger partial charge in [0.15, 0.2) is 0 Å². The summed E-state index contributed by atoms with van der Waals surface area (Å²) in [6, 6.07) is 9.09. The Morgan fingerprint density at radius 1 is 1.11 bits per heavy atom. The molecule has 100 valence electrons. The van der Waals surface area contributed by atoms with E-state index in [4.69, 9.17) is 0 Å². The fourth-order valence-electron chi connectivity index (χ4n) is 2.98. The van der Waals surface area contributed by atoms with Crippen LogP contribution in [0.15, 0.2) is 24.3 Å². The zero-order valence-corrected chi connectivity index (χ0v) is 12.4. The Bertz CT molecular complexity index is 381. The molecule has 0 N–H and O–H groups in total. The van der Waals surface area contributed by atoms with Crippen LogP contribution in [0.4, 0.5) is 0 Å². The Balaban J connectivity index is 2.17. The van der Waals surface area contributed by atoms with Crippen molar-refractivity contribution >= 4 is 0 Å². The van der Waals surface area contributed by atoms with E-state index in [0.29, 0.717) is 5.41 Å². The van der Waals surface area contributed by atoms with Gasteiger partial charge in [0.1, 0.15) is 0 Å². The van der Waals surface area contributed by atoms with Crippen molar-refractivity contribution < 1.29 is 0 Å².